The van der Waals surface area contributed by atoms with Crippen LogP contribution in [0.5, 0.6) is 0 Å². The Hall–Kier alpha value is -1.15. The predicted octanol–water partition coefficient (Wildman–Crippen LogP) is 3.86. The SMILES string of the molecule is CCC(=O)[N+](C)(C)C1(c2ccccc2)CCCCC1. The van der Waals surface area contributed by atoms with Crippen LogP contribution in [0.3, 0.4) is 0 Å². The number of nitrogens with zero attached hydrogens (tertiary/aromatic N) is 1. The molecule has 1 fully saturated rings. The molecule has 0 aliphatic heterocycles. The highest BCUT2D eigenvalue weighted by Crippen LogP contribution is 2.45. The number of rotatable bonds is 3. The number of benzene rings is 1. The highest BCUT2D eigenvalue weighted by molar-refractivity contribution is 5.69. The smallest absolute Gasteiger partial charge is 0.257 e. The average Bonchev–Trinajstić information content (AvgIpc) is 2.47. The molecule has 0 atom stereocenters. The summed E-state index contributed by atoms with van der Waals surface area (Å²) in [5.41, 5.74) is 1.31. The van der Waals surface area contributed by atoms with Crippen molar-refractivity contribution in [1.29, 1.82) is 0 Å². The van der Waals surface area contributed by atoms with Gasteiger partial charge in [-0.05, 0) is 12.8 Å². The molecule has 2 rings (SSSR count). The van der Waals surface area contributed by atoms with Crippen molar-refractivity contribution in [3.8, 4) is 0 Å². The van der Waals surface area contributed by atoms with Gasteiger partial charge in [-0.15, -0.1) is 0 Å². The van der Waals surface area contributed by atoms with Gasteiger partial charge in [0.25, 0.3) is 0 Å². The summed E-state index contributed by atoms with van der Waals surface area (Å²) in [6.07, 6.45) is 6.61. The van der Waals surface area contributed by atoms with Crippen molar-refractivity contribution in [2.24, 2.45) is 0 Å². The summed E-state index contributed by atoms with van der Waals surface area (Å²) < 4.78 is 0.494. The van der Waals surface area contributed by atoms with Crippen LogP contribution < -0.4 is 0 Å². The summed E-state index contributed by atoms with van der Waals surface area (Å²) in [5.74, 6) is 0.339. The second-order valence-electron chi connectivity index (χ2n) is 6.16. The minimum absolute atomic E-state index is 0.0212. The van der Waals surface area contributed by atoms with Gasteiger partial charge in [-0.1, -0.05) is 43.7 Å². The second-order valence-corrected chi connectivity index (χ2v) is 6.16. The van der Waals surface area contributed by atoms with Crippen LogP contribution in [-0.2, 0) is 10.3 Å². The van der Waals surface area contributed by atoms with Crippen molar-refractivity contribution in [3.63, 3.8) is 0 Å². The Morgan fingerprint density at radius 2 is 1.68 bits per heavy atom. The number of hydrogen-bond donors (Lipinski definition) is 0. The van der Waals surface area contributed by atoms with Gasteiger partial charge in [0.1, 0.15) is 5.54 Å². The summed E-state index contributed by atoms with van der Waals surface area (Å²) in [6.45, 7) is 1.98. The van der Waals surface area contributed by atoms with Crippen LogP contribution in [0, 0.1) is 0 Å². The van der Waals surface area contributed by atoms with Gasteiger partial charge in [0.2, 0.25) is 0 Å². The summed E-state index contributed by atoms with van der Waals surface area (Å²) in [7, 11) is 4.20. The highest BCUT2D eigenvalue weighted by Gasteiger charge is 2.50. The van der Waals surface area contributed by atoms with Crippen molar-refractivity contribution >= 4 is 5.91 Å². The summed E-state index contributed by atoms with van der Waals surface area (Å²) >= 11 is 0. The van der Waals surface area contributed by atoms with E-state index < -0.39 is 0 Å². The summed E-state index contributed by atoms with van der Waals surface area (Å²) in [6, 6.07) is 10.7. The maximum absolute atomic E-state index is 12.5. The maximum Gasteiger partial charge on any atom is 0.313 e. The number of carbonyl (C=O) groups excluding carboxylic acids is 1. The van der Waals surface area contributed by atoms with Gasteiger partial charge in [-0.3, -0.25) is 4.48 Å². The van der Waals surface area contributed by atoms with E-state index in [1.165, 1.54) is 24.8 Å². The molecule has 19 heavy (non-hydrogen) atoms. The third-order valence-corrected chi connectivity index (χ3v) is 4.99. The second kappa shape index (κ2) is 5.46. The standard InChI is InChI=1S/C17H26NO/c1-4-16(19)18(2,3)17(13-9-6-10-14-17)15-11-7-5-8-12-15/h5,7-8,11-12H,4,6,9-10,13-14H2,1-3H3/q+1. The van der Waals surface area contributed by atoms with E-state index in [0.29, 0.717) is 16.8 Å². The first-order chi connectivity index (χ1) is 9.04. The van der Waals surface area contributed by atoms with E-state index in [2.05, 4.69) is 44.4 Å². The lowest BCUT2D eigenvalue weighted by atomic mass is 9.74. The topological polar surface area (TPSA) is 17.1 Å². The summed E-state index contributed by atoms with van der Waals surface area (Å²) in [4.78, 5) is 12.5. The minimum atomic E-state index is -0.0212. The van der Waals surface area contributed by atoms with E-state index in [1.807, 2.05) is 6.92 Å². The number of amides is 1. The average molecular weight is 260 g/mol. The Bertz CT molecular complexity index is 430. The van der Waals surface area contributed by atoms with Gasteiger partial charge in [0.05, 0.1) is 20.5 Å². The Morgan fingerprint density at radius 3 is 2.21 bits per heavy atom. The highest BCUT2D eigenvalue weighted by atomic mass is 16.2. The van der Waals surface area contributed by atoms with Crippen molar-refractivity contribution < 1.29 is 9.28 Å². The molecule has 0 bridgehead atoms. The minimum Gasteiger partial charge on any atom is -0.257 e. The molecular formula is C17H26NO+. The van der Waals surface area contributed by atoms with Gasteiger partial charge in [0.15, 0.2) is 0 Å². The molecular weight excluding hydrogens is 234 g/mol. The molecule has 2 heteroatoms. The van der Waals surface area contributed by atoms with Crippen molar-refractivity contribution in [2.75, 3.05) is 14.1 Å². The van der Waals surface area contributed by atoms with Gasteiger partial charge in [-0.25, -0.2) is 4.79 Å². The van der Waals surface area contributed by atoms with Crippen LogP contribution in [0.4, 0.5) is 0 Å². The van der Waals surface area contributed by atoms with Crippen LogP contribution in [0.25, 0.3) is 0 Å². The lowest BCUT2D eigenvalue weighted by molar-refractivity contribution is -0.881. The van der Waals surface area contributed by atoms with Gasteiger partial charge < -0.3 is 0 Å². The molecule has 0 spiro atoms. The number of carbonyl (C=O) groups is 1. The van der Waals surface area contributed by atoms with Gasteiger partial charge in [-0.2, -0.15) is 0 Å². The Balaban J connectivity index is 2.49. The fourth-order valence-electron chi connectivity index (χ4n) is 3.69. The van der Waals surface area contributed by atoms with E-state index in [-0.39, 0.29) is 5.54 Å². The zero-order valence-electron chi connectivity index (χ0n) is 12.5. The molecule has 104 valence electrons. The molecule has 0 saturated heterocycles. The molecule has 1 amide bonds. The van der Waals surface area contributed by atoms with E-state index in [9.17, 15) is 4.79 Å². The first kappa shape index (κ1) is 14.3. The zero-order chi connectivity index (χ0) is 13.9. The molecule has 1 aliphatic rings. The van der Waals surface area contributed by atoms with Crippen LogP contribution >= 0.6 is 0 Å². The molecule has 1 saturated carbocycles. The van der Waals surface area contributed by atoms with Crippen LogP contribution in [0.2, 0.25) is 0 Å². The lowest BCUT2D eigenvalue weighted by Crippen LogP contribution is -2.61. The normalized spacial score (nSPS) is 19.1. The predicted molar refractivity (Wildman–Crippen MR) is 78.6 cm³/mol. The molecule has 2 nitrogen and oxygen atoms in total. The molecule has 0 unspecified atom stereocenters. The maximum atomic E-state index is 12.5. The molecule has 1 aromatic rings. The van der Waals surface area contributed by atoms with E-state index in [1.54, 1.807) is 0 Å². The molecule has 0 heterocycles. The molecule has 1 aliphatic carbocycles. The Kier molecular flexibility index (Phi) is 4.10. The van der Waals surface area contributed by atoms with Crippen LogP contribution in [-0.4, -0.2) is 24.5 Å². The third kappa shape index (κ3) is 2.34. The van der Waals surface area contributed by atoms with Crippen LogP contribution in [0.1, 0.15) is 51.0 Å². The zero-order valence-corrected chi connectivity index (χ0v) is 12.5. The molecule has 1 aromatic carbocycles. The van der Waals surface area contributed by atoms with Gasteiger partial charge >= 0.3 is 5.91 Å². The third-order valence-electron chi connectivity index (χ3n) is 4.99. The number of quaternary nitrogens is 1. The number of hydrogen-bond acceptors (Lipinski definition) is 1. The Labute approximate surface area is 117 Å². The fourth-order valence-corrected chi connectivity index (χ4v) is 3.69. The lowest BCUT2D eigenvalue weighted by Gasteiger charge is -2.49. The van der Waals surface area contributed by atoms with Gasteiger partial charge in [0, 0.05) is 18.4 Å². The van der Waals surface area contributed by atoms with E-state index >= 15 is 0 Å². The first-order valence-corrected chi connectivity index (χ1v) is 7.47. The van der Waals surface area contributed by atoms with E-state index in [4.69, 9.17) is 0 Å². The quantitative estimate of drug-likeness (QED) is 0.754. The molecule has 0 radical (unpaired) electrons. The first-order valence-electron chi connectivity index (χ1n) is 7.47. The van der Waals surface area contributed by atoms with Crippen molar-refractivity contribution in [3.05, 3.63) is 35.9 Å². The molecule has 0 aromatic heterocycles. The fraction of sp³-hybridized carbons (Fsp3) is 0.588. The van der Waals surface area contributed by atoms with E-state index in [0.717, 1.165) is 12.8 Å². The van der Waals surface area contributed by atoms with Crippen molar-refractivity contribution in [2.45, 2.75) is 51.0 Å². The monoisotopic (exact) mass is 260 g/mol. The largest absolute Gasteiger partial charge is 0.313 e. The molecule has 0 N–H and O–H groups in total. The van der Waals surface area contributed by atoms with Crippen LogP contribution in [0.15, 0.2) is 30.3 Å². The summed E-state index contributed by atoms with van der Waals surface area (Å²) in [5, 5.41) is 0. The van der Waals surface area contributed by atoms with Crippen molar-refractivity contribution in [1.82, 2.24) is 0 Å². The Morgan fingerprint density at radius 1 is 1.11 bits per heavy atom.